The lowest BCUT2D eigenvalue weighted by atomic mass is 10.3. The number of ether oxygens (including phenoxy) is 2. The highest BCUT2D eigenvalue weighted by molar-refractivity contribution is 9.10. The van der Waals surface area contributed by atoms with Crippen LogP contribution in [0.25, 0.3) is 0 Å². The molecular formula is C14H11BrF2O2. The van der Waals surface area contributed by atoms with Crippen LogP contribution in [-0.2, 0) is 0 Å². The van der Waals surface area contributed by atoms with Crippen LogP contribution in [0.5, 0.6) is 11.5 Å². The van der Waals surface area contributed by atoms with E-state index >= 15 is 0 Å². The zero-order valence-electron chi connectivity index (χ0n) is 9.91. The summed E-state index contributed by atoms with van der Waals surface area (Å²) in [5.41, 5.74) is 0. The Labute approximate surface area is 118 Å². The van der Waals surface area contributed by atoms with E-state index in [1.165, 1.54) is 6.07 Å². The molecule has 19 heavy (non-hydrogen) atoms. The minimum atomic E-state index is -0.719. The summed E-state index contributed by atoms with van der Waals surface area (Å²) in [4.78, 5) is 0. The Hall–Kier alpha value is -1.62. The van der Waals surface area contributed by atoms with Crippen LogP contribution in [0.1, 0.15) is 0 Å². The Morgan fingerprint density at radius 2 is 1.42 bits per heavy atom. The molecule has 2 aromatic carbocycles. The Morgan fingerprint density at radius 3 is 2.05 bits per heavy atom. The molecule has 0 atom stereocenters. The van der Waals surface area contributed by atoms with Crippen LogP contribution in [0.4, 0.5) is 8.78 Å². The minimum absolute atomic E-state index is 0.0634. The molecule has 5 heteroatoms. The number of benzene rings is 2. The fourth-order valence-corrected chi connectivity index (χ4v) is 1.72. The molecule has 100 valence electrons. The largest absolute Gasteiger partial charge is 0.490 e. The lowest BCUT2D eigenvalue weighted by molar-refractivity contribution is 0.205. The summed E-state index contributed by atoms with van der Waals surface area (Å²) in [7, 11) is 0. The maximum atomic E-state index is 13.2. The van der Waals surface area contributed by atoms with Crippen molar-refractivity contribution in [1.29, 1.82) is 0 Å². The van der Waals surface area contributed by atoms with Gasteiger partial charge in [0.25, 0.3) is 0 Å². The molecule has 0 bridgehead atoms. The van der Waals surface area contributed by atoms with Gasteiger partial charge in [0.15, 0.2) is 17.4 Å². The lowest BCUT2D eigenvalue weighted by Crippen LogP contribution is -2.10. The molecular weight excluding hydrogens is 318 g/mol. The molecule has 0 saturated heterocycles. The second-order valence-electron chi connectivity index (χ2n) is 3.70. The predicted molar refractivity (Wildman–Crippen MR) is 71.5 cm³/mol. The van der Waals surface area contributed by atoms with E-state index in [-0.39, 0.29) is 19.0 Å². The van der Waals surface area contributed by atoms with Gasteiger partial charge >= 0.3 is 0 Å². The van der Waals surface area contributed by atoms with E-state index in [0.717, 1.165) is 16.6 Å². The third-order valence-corrected chi connectivity index (χ3v) is 2.86. The highest BCUT2D eigenvalue weighted by atomic mass is 79.9. The van der Waals surface area contributed by atoms with Crippen molar-refractivity contribution in [3.63, 3.8) is 0 Å². The van der Waals surface area contributed by atoms with E-state index < -0.39 is 11.6 Å². The molecule has 2 aromatic rings. The Bertz CT molecular complexity index is 523. The van der Waals surface area contributed by atoms with Gasteiger partial charge in [-0.2, -0.15) is 0 Å². The van der Waals surface area contributed by atoms with Gasteiger partial charge < -0.3 is 9.47 Å². The van der Waals surface area contributed by atoms with Gasteiger partial charge in [-0.05, 0) is 36.4 Å². The van der Waals surface area contributed by atoms with Gasteiger partial charge in [0.05, 0.1) is 0 Å². The van der Waals surface area contributed by atoms with Gasteiger partial charge in [-0.25, -0.2) is 8.78 Å². The topological polar surface area (TPSA) is 18.5 Å². The second kappa shape index (κ2) is 6.52. The van der Waals surface area contributed by atoms with Crippen molar-refractivity contribution >= 4 is 15.9 Å². The summed E-state index contributed by atoms with van der Waals surface area (Å²) in [6.07, 6.45) is 0. The maximum Gasteiger partial charge on any atom is 0.190 e. The third kappa shape index (κ3) is 3.92. The smallest absolute Gasteiger partial charge is 0.190 e. The molecule has 0 aliphatic heterocycles. The molecule has 0 saturated carbocycles. The number of halogens is 3. The van der Waals surface area contributed by atoms with Crippen molar-refractivity contribution in [1.82, 2.24) is 0 Å². The molecule has 0 aliphatic rings. The van der Waals surface area contributed by atoms with E-state index in [9.17, 15) is 8.78 Å². The normalized spacial score (nSPS) is 10.3. The summed E-state index contributed by atoms with van der Waals surface area (Å²) in [6.45, 7) is 0.267. The Morgan fingerprint density at radius 1 is 0.842 bits per heavy atom. The molecule has 0 radical (unpaired) electrons. The molecule has 0 spiro atoms. The van der Waals surface area contributed by atoms with E-state index in [1.807, 2.05) is 12.1 Å². The van der Waals surface area contributed by atoms with Crippen LogP contribution < -0.4 is 9.47 Å². The first kappa shape index (κ1) is 13.8. The van der Waals surface area contributed by atoms with Crippen LogP contribution in [0, 0.1) is 11.6 Å². The first-order valence-corrected chi connectivity index (χ1v) is 6.41. The molecule has 0 fully saturated rings. The lowest BCUT2D eigenvalue weighted by Gasteiger charge is -2.09. The predicted octanol–water partition coefficient (Wildman–Crippen LogP) is 4.19. The summed E-state index contributed by atoms with van der Waals surface area (Å²) in [6, 6.07) is 10.8. The average molecular weight is 329 g/mol. The number of hydrogen-bond donors (Lipinski definition) is 0. The van der Waals surface area contributed by atoms with Crippen LogP contribution in [0.3, 0.4) is 0 Å². The van der Waals surface area contributed by atoms with Crippen LogP contribution >= 0.6 is 15.9 Å². The maximum absolute atomic E-state index is 13.2. The van der Waals surface area contributed by atoms with Crippen molar-refractivity contribution in [3.8, 4) is 11.5 Å². The van der Waals surface area contributed by atoms with Gasteiger partial charge in [-0.3, -0.25) is 0 Å². The number of para-hydroxylation sites is 1. The van der Waals surface area contributed by atoms with Crippen molar-refractivity contribution in [2.75, 3.05) is 13.2 Å². The minimum Gasteiger partial charge on any atom is -0.490 e. The van der Waals surface area contributed by atoms with Gasteiger partial charge in [0.2, 0.25) is 0 Å². The zero-order chi connectivity index (χ0) is 13.7. The molecule has 0 unspecified atom stereocenters. The quantitative estimate of drug-likeness (QED) is 0.766. The highest BCUT2D eigenvalue weighted by Gasteiger charge is 2.09. The Balaban J connectivity index is 1.82. The molecule has 0 heterocycles. The third-order valence-electron chi connectivity index (χ3n) is 2.33. The van der Waals surface area contributed by atoms with Crippen LogP contribution in [0.15, 0.2) is 46.9 Å². The van der Waals surface area contributed by atoms with Gasteiger partial charge in [-0.1, -0.05) is 22.0 Å². The average Bonchev–Trinajstić information content (AvgIpc) is 2.39. The SMILES string of the molecule is Fc1cccc(F)c1OCCOc1ccc(Br)cc1. The van der Waals surface area contributed by atoms with Crippen molar-refractivity contribution in [2.24, 2.45) is 0 Å². The Kier molecular flexibility index (Phi) is 4.74. The molecule has 0 aromatic heterocycles. The highest BCUT2D eigenvalue weighted by Crippen LogP contribution is 2.21. The van der Waals surface area contributed by atoms with Gasteiger partial charge in [0, 0.05) is 4.47 Å². The van der Waals surface area contributed by atoms with Gasteiger partial charge in [0.1, 0.15) is 19.0 Å². The molecule has 0 N–H and O–H groups in total. The first-order chi connectivity index (χ1) is 9.16. The molecule has 2 rings (SSSR count). The van der Waals surface area contributed by atoms with E-state index in [4.69, 9.17) is 9.47 Å². The van der Waals surface area contributed by atoms with Gasteiger partial charge in [-0.15, -0.1) is 0 Å². The summed E-state index contributed by atoms with van der Waals surface area (Å²) in [5, 5.41) is 0. The monoisotopic (exact) mass is 328 g/mol. The molecule has 0 amide bonds. The van der Waals surface area contributed by atoms with Crippen molar-refractivity contribution in [3.05, 3.63) is 58.6 Å². The van der Waals surface area contributed by atoms with E-state index in [1.54, 1.807) is 12.1 Å². The fraction of sp³-hybridized carbons (Fsp3) is 0.143. The van der Waals surface area contributed by atoms with E-state index in [2.05, 4.69) is 15.9 Å². The van der Waals surface area contributed by atoms with Crippen molar-refractivity contribution < 1.29 is 18.3 Å². The van der Waals surface area contributed by atoms with Crippen LogP contribution in [0.2, 0.25) is 0 Å². The summed E-state index contributed by atoms with van der Waals surface area (Å²) < 4.78 is 37.8. The molecule has 0 aliphatic carbocycles. The zero-order valence-corrected chi connectivity index (χ0v) is 11.5. The van der Waals surface area contributed by atoms with Crippen molar-refractivity contribution in [2.45, 2.75) is 0 Å². The first-order valence-electron chi connectivity index (χ1n) is 5.62. The summed E-state index contributed by atoms with van der Waals surface area (Å²) in [5.74, 6) is -1.14. The second-order valence-corrected chi connectivity index (χ2v) is 4.62. The summed E-state index contributed by atoms with van der Waals surface area (Å²) >= 11 is 3.31. The van der Waals surface area contributed by atoms with E-state index in [0.29, 0.717) is 5.75 Å². The van der Waals surface area contributed by atoms with Crippen LogP contribution in [-0.4, -0.2) is 13.2 Å². The number of hydrogen-bond acceptors (Lipinski definition) is 2. The fourth-order valence-electron chi connectivity index (χ4n) is 1.45. The molecule has 2 nitrogen and oxygen atoms in total. The standard InChI is InChI=1S/C14H11BrF2O2/c15-10-4-6-11(7-5-10)18-8-9-19-14-12(16)2-1-3-13(14)17/h1-7H,8-9H2. The number of rotatable bonds is 5.